The van der Waals surface area contributed by atoms with Crippen molar-refractivity contribution in [1.82, 2.24) is 4.98 Å². The van der Waals surface area contributed by atoms with E-state index in [1.807, 2.05) is 0 Å². The smallest absolute Gasteiger partial charge is 0.119 e. The average molecular weight is 370 g/mol. The molecule has 0 atom stereocenters. The van der Waals surface area contributed by atoms with Gasteiger partial charge in [-0.15, -0.1) is 0 Å². The van der Waals surface area contributed by atoms with Crippen LogP contribution in [0.15, 0.2) is 66.7 Å². The van der Waals surface area contributed by atoms with Gasteiger partial charge < -0.3 is 4.74 Å². The minimum absolute atomic E-state index is 0.796. The summed E-state index contributed by atoms with van der Waals surface area (Å²) in [6.45, 7) is 5.14. The minimum atomic E-state index is 0.796. The van der Waals surface area contributed by atoms with Gasteiger partial charge in [-0.1, -0.05) is 62.1 Å². The van der Waals surface area contributed by atoms with Crippen LogP contribution in [0.2, 0.25) is 0 Å². The molecule has 0 aliphatic rings. The molecule has 1 aromatic heterocycles. The summed E-state index contributed by atoms with van der Waals surface area (Å²) >= 11 is 0. The van der Waals surface area contributed by atoms with Gasteiger partial charge in [0.1, 0.15) is 5.75 Å². The van der Waals surface area contributed by atoms with E-state index in [0.717, 1.165) is 35.6 Å². The number of aromatic nitrogens is 1. The lowest BCUT2D eigenvalue weighted by atomic mass is 10.0. The van der Waals surface area contributed by atoms with Gasteiger partial charge in [0.05, 0.1) is 17.8 Å². The van der Waals surface area contributed by atoms with Gasteiger partial charge in [0, 0.05) is 10.9 Å². The van der Waals surface area contributed by atoms with Crippen LogP contribution >= 0.6 is 0 Å². The fourth-order valence-corrected chi connectivity index (χ4v) is 3.60. The molecule has 0 aliphatic carbocycles. The molecule has 0 radical (unpaired) electrons. The molecule has 3 aromatic carbocycles. The van der Waals surface area contributed by atoms with E-state index in [9.17, 15) is 0 Å². The van der Waals surface area contributed by atoms with Crippen molar-refractivity contribution in [1.29, 1.82) is 0 Å². The molecule has 4 aromatic rings. The van der Waals surface area contributed by atoms with Crippen molar-refractivity contribution >= 4 is 21.7 Å². The summed E-state index contributed by atoms with van der Waals surface area (Å²) in [6.07, 6.45) is 4.90. The molecular formula is C26H27NO. The lowest BCUT2D eigenvalue weighted by Gasteiger charge is -2.09. The van der Waals surface area contributed by atoms with E-state index in [1.165, 1.54) is 41.0 Å². The SMILES string of the molecule is CCCCCCOc1ccc2cc(-c3ccc4cc(C)ccc4n3)ccc2c1. The molecule has 0 fully saturated rings. The van der Waals surface area contributed by atoms with Gasteiger partial charge in [0.25, 0.3) is 0 Å². The topological polar surface area (TPSA) is 22.1 Å². The van der Waals surface area contributed by atoms with Crippen LogP contribution in [0, 0.1) is 6.92 Å². The van der Waals surface area contributed by atoms with Crippen LogP contribution in [0.4, 0.5) is 0 Å². The number of ether oxygens (including phenoxy) is 1. The van der Waals surface area contributed by atoms with Crippen molar-refractivity contribution in [3.8, 4) is 17.0 Å². The molecule has 2 heteroatoms. The first-order valence-corrected chi connectivity index (χ1v) is 10.3. The molecule has 142 valence electrons. The van der Waals surface area contributed by atoms with Crippen molar-refractivity contribution in [2.24, 2.45) is 0 Å². The zero-order valence-corrected chi connectivity index (χ0v) is 16.7. The lowest BCUT2D eigenvalue weighted by molar-refractivity contribution is 0.305. The highest BCUT2D eigenvalue weighted by molar-refractivity contribution is 5.89. The standard InChI is InChI=1S/C26H27NO/c1-3-4-5-6-15-28-24-12-10-20-17-23(9-8-21(20)18-24)26-14-11-22-16-19(2)7-13-25(22)27-26/h7-14,16-18H,3-6,15H2,1-2H3. The van der Waals surface area contributed by atoms with Crippen molar-refractivity contribution in [2.45, 2.75) is 39.5 Å². The summed E-state index contributed by atoms with van der Waals surface area (Å²) in [5, 5.41) is 3.60. The molecule has 0 saturated carbocycles. The Morgan fingerprint density at radius 1 is 0.750 bits per heavy atom. The molecular weight excluding hydrogens is 342 g/mol. The summed E-state index contributed by atoms with van der Waals surface area (Å²) in [6, 6.07) is 23.5. The number of benzene rings is 3. The van der Waals surface area contributed by atoms with Gasteiger partial charge in [0.15, 0.2) is 0 Å². The Morgan fingerprint density at radius 2 is 1.57 bits per heavy atom. The van der Waals surface area contributed by atoms with Crippen molar-refractivity contribution in [3.63, 3.8) is 0 Å². The van der Waals surface area contributed by atoms with Crippen LogP contribution < -0.4 is 4.74 Å². The van der Waals surface area contributed by atoms with Gasteiger partial charge >= 0.3 is 0 Å². The Labute approximate surface area is 167 Å². The first-order valence-electron chi connectivity index (χ1n) is 10.3. The third-order valence-electron chi connectivity index (χ3n) is 5.22. The number of fused-ring (bicyclic) bond motifs is 2. The summed E-state index contributed by atoms with van der Waals surface area (Å²) < 4.78 is 5.92. The van der Waals surface area contributed by atoms with Gasteiger partial charge in [-0.3, -0.25) is 0 Å². The number of unbranched alkanes of at least 4 members (excludes halogenated alkanes) is 3. The number of hydrogen-bond acceptors (Lipinski definition) is 2. The molecule has 2 nitrogen and oxygen atoms in total. The zero-order chi connectivity index (χ0) is 19.3. The Morgan fingerprint density at radius 3 is 2.46 bits per heavy atom. The predicted octanol–water partition coefficient (Wildman–Crippen LogP) is 7.32. The molecule has 0 amide bonds. The summed E-state index contributed by atoms with van der Waals surface area (Å²) in [5.41, 5.74) is 4.45. The highest BCUT2D eigenvalue weighted by Crippen LogP contribution is 2.27. The van der Waals surface area contributed by atoms with Gasteiger partial charge in [-0.25, -0.2) is 4.98 Å². The highest BCUT2D eigenvalue weighted by atomic mass is 16.5. The van der Waals surface area contributed by atoms with Crippen molar-refractivity contribution < 1.29 is 4.74 Å². The Balaban J connectivity index is 1.54. The maximum atomic E-state index is 5.92. The van der Waals surface area contributed by atoms with Crippen LogP contribution in [-0.4, -0.2) is 11.6 Å². The monoisotopic (exact) mass is 369 g/mol. The normalized spacial score (nSPS) is 11.2. The van der Waals surface area contributed by atoms with Gasteiger partial charge in [-0.05, 0) is 60.5 Å². The molecule has 1 heterocycles. The van der Waals surface area contributed by atoms with E-state index in [1.54, 1.807) is 0 Å². The Bertz CT molecular complexity index is 1100. The lowest BCUT2D eigenvalue weighted by Crippen LogP contribution is -1.97. The predicted molar refractivity (Wildman–Crippen MR) is 119 cm³/mol. The second kappa shape index (κ2) is 8.43. The van der Waals surface area contributed by atoms with E-state index in [0.29, 0.717) is 0 Å². The summed E-state index contributed by atoms with van der Waals surface area (Å²) in [7, 11) is 0. The van der Waals surface area contributed by atoms with Crippen LogP contribution in [0.25, 0.3) is 32.9 Å². The molecule has 0 unspecified atom stereocenters. The second-order valence-electron chi connectivity index (χ2n) is 7.53. The fourth-order valence-electron chi connectivity index (χ4n) is 3.60. The van der Waals surface area contributed by atoms with Gasteiger partial charge in [0.2, 0.25) is 0 Å². The average Bonchev–Trinajstić information content (AvgIpc) is 2.73. The van der Waals surface area contributed by atoms with Gasteiger partial charge in [-0.2, -0.15) is 0 Å². The third-order valence-corrected chi connectivity index (χ3v) is 5.22. The van der Waals surface area contributed by atoms with E-state index < -0.39 is 0 Å². The first kappa shape index (κ1) is 18.5. The van der Waals surface area contributed by atoms with Crippen LogP contribution in [0.3, 0.4) is 0 Å². The molecule has 0 bridgehead atoms. The van der Waals surface area contributed by atoms with Crippen LogP contribution in [-0.2, 0) is 0 Å². The zero-order valence-electron chi connectivity index (χ0n) is 16.7. The Hall–Kier alpha value is -2.87. The highest BCUT2D eigenvalue weighted by Gasteiger charge is 2.05. The maximum Gasteiger partial charge on any atom is 0.119 e. The number of nitrogens with zero attached hydrogens (tertiary/aromatic N) is 1. The van der Waals surface area contributed by atoms with Crippen molar-refractivity contribution in [2.75, 3.05) is 6.61 Å². The quantitative estimate of drug-likeness (QED) is 0.318. The maximum absolute atomic E-state index is 5.92. The van der Waals surface area contributed by atoms with E-state index >= 15 is 0 Å². The number of hydrogen-bond donors (Lipinski definition) is 0. The second-order valence-corrected chi connectivity index (χ2v) is 7.53. The molecule has 4 rings (SSSR count). The Kier molecular flexibility index (Phi) is 5.57. The molecule has 0 spiro atoms. The van der Waals surface area contributed by atoms with Crippen LogP contribution in [0.5, 0.6) is 5.75 Å². The van der Waals surface area contributed by atoms with E-state index in [-0.39, 0.29) is 0 Å². The third kappa shape index (κ3) is 4.17. The summed E-state index contributed by atoms with van der Waals surface area (Å²) in [4.78, 5) is 4.85. The molecule has 0 aliphatic heterocycles. The van der Waals surface area contributed by atoms with E-state index in [4.69, 9.17) is 9.72 Å². The van der Waals surface area contributed by atoms with E-state index in [2.05, 4.69) is 80.6 Å². The first-order chi connectivity index (χ1) is 13.7. The fraction of sp³-hybridized carbons (Fsp3) is 0.269. The molecule has 28 heavy (non-hydrogen) atoms. The largest absolute Gasteiger partial charge is 0.494 e. The molecule has 0 N–H and O–H groups in total. The number of pyridine rings is 1. The number of rotatable bonds is 7. The van der Waals surface area contributed by atoms with Crippen LogP contribution in [0.1, 0.15) is 38.2 Å². The minimum Gasteiger partial charge on any atom is -0.494 e. The molecule has 0 saturated heterocycles. The number of aryl methyl sites for hydroxylation is 1. The summed E-state index contributed by atoms with van der Waals surface area (Å²) in [5.74, 6) is 0.955. The van der Waals surface area contributed by atoms with Crippen molar-refractivity contribution in [3.05, 3.63) is 72.3 Å².